The van der Waals surface area contributed by atoms with E-state index in [1.807, 2.05) is 24.3 Å². The molecule has 0 spiro atoms. The second-order valence-corrected chi connectivity index (χ2v) is 8.56. The molecule has 3 aromatic heterocycles. The van der Waals surface area contributed by atoms with Gasteiger partial charge in [-0.15, -0.1) is 5.10 Å². The van der Waals surface area contributed by atoms with Crippen LogP contribution in [0.15, 0.2) is 48.8 Å². The van der Waals surface area contributed by atoms with Crippen molar-refractivity contribution in [2.75, 3.05) is 25.0 Å². The zero-order valence-electron chi connectivity index (χ0n) is 19.2. The number of hydrogen-bond donors (Lipinski definition) is 1. The number of alkyl halides is 4. The van der Waals surface area contributed by atoms with Crippen molar-refractivity contribution in [1.29, 1.82) is 0 Å². The van der Waals surface area contributed by atoms with E-state index >= 15 is 0 Å². The molecule has 4 aromatic rings. The number of anilines is 1. The van der Waals surface area contributed by atoms with Crippen molar-refractivity contribution in [3.63, 3.8) is 0 Å². The van der Waals surface area contributed by atoms with Gasteiger partial charge in [-0.25, -0.2) is 22.1 Å². The smallest absolute Gasteiger partial charge is 0.285 e. The third-order valence-corrected chi connectivity index (χ3v) is 6.09. The van der Waals surface area contributed by atoms with E-state index in [1.54, 1.807) is 24.5 Å². The molecule has 1 aromatic carbocycles. The summed E-state index contributed by atoms with van der Waals surface area (Å²) < 4.78 is 62.1. The summed E-state index contributed by atoms with van der Waals surface area (Å²) in [6.07, 6.45) is 0.462. The second-order valence-electron chi connectivity index (χ2n) is 8.56. The Morgan fingerprint density at radius 3 is 2.86 bits per heavy atom. The topological polar surface area (TPSA) is 84.7 Å². The summed E-state index contributed by atoms with van der Waals surface area (Å²) in [5, 5.41) is 7.78. The van der Waals surface area contributed by atoms with Gasteiger partial charge in [0.1, 0.15) is 5.52 Å². The third-order valence-electron chi connectivity index (χ3n) is 6.09. The van der Waals surface area contributed by atoms with Crippen molar-refractivity contribution in [2.45, 2.75) is 31.7 Å². The number of nitrogens with one attached hydrogen (secondary N) is 1. The minimum Gasteiger partial charge on any atom is -0.470 e. The van der Waals surface area contributed by atoms with Crippen LogP contribution in [0.4, 0.5) is 23.5 Å². The Balaban J connectivity index is 1.52. The van der Waals surface area contributed by atoms with Crippen LogP contribution in [-0.4, -0.2) is 68.5 Å². The lowest BCUT2D eigenvalue weighted by Crippen LogP contribution is -2.55. The van der Waals surface area contributed by atoms with Gasteiger partial charge in [-0.05, 0) is 36.2 Å². The number of likely N-dealkylation sites (tertiary alicyclic amines) is 1. The molecule has 0 radical (unpaired) electrons. The number of carbonyl (C=O) groups is 1. The van der Waals surface area contributed by atoms with E-state index in [1.165, 1.54) is 11.4 Å². The number of fused-ring (bicyclic) bond motifs is 2. The maximum absolute atomic E-state index is 14.7. The van der Waals surface area contributed by atoms with Gasteiger partial charge >= 0.3 is 0 Å². The van der Waals surface area contributed by atoms with Crippen LogP contribution in [0.25, 0.3) is 27.5 Å². The van der Waals surface area contributed by atoms with Crippen molar-refractivity contribution in [1.82, 2.24) is 24.5 Å². The lowest BCUT2D eigenvalue weighted by molar-refractivity contribution is -0.140. The number of pyridine rings is 1. The first-order chi connectivity index (χ1) is 17.2. The molecule has 0 aliphatic carbocycles. The molecule has 1 amide bonds. The van der Waals surface area contributed by atoms with E-state index in [0.29, 0.717) is 11.1 Å². The Hall–Kier alpha value is -3.96. The van der Waals surface area contributed by atoms with E-state index in [2.05, 4.69) is 20.4 Å². The van der Waals surface area contributed by atoms with Gasteiger partial charge < -0.3 is 15.0 Å². The van der Waals surface area contributed by atoms with Gasteiger partial charge in [0.15, 0.2) is 6.61 Å². The number of ether oxygens (including phenoxy) is 1. The van der Waals surface area contributed by atoms with Gasteiger partial charge in [0.2, 0.25) is 17.7 Å². The van der Waals surface area contributed by atoms with Crippen LogP contribution < -0.4 is 10.1 Å². The second kappa shape index (κ2) is 9.25. The highest BCUT2D eigenvalue weighted by molar-refractivity contribution is 5.90. The number of benzene rings is 1. The summed E-state index contributed by atoms with van der Waals surface area (Å²) in [7, 11) is 0. The Kier molecular flexibility index (Phi) is 6.10. The van der Waals surface area contributed by atoms with E-state index in [0.717, 1.165) is 21.4 Å². The SMILES string of the molecule is CC(=O)N1CCC(Nc2nc(OCC(F)F)c3c(-c4ccc5ncccc5c4)ccn3n2)C(F)(F)C1. The zero-order chi connectivity index (χ0) is 25.4. The van der Waals surface area contributed by atoms with Crippen molar-refractivity contribution in [3.8, 4) is 17.0 Å². The first-order valence-corrected chi connectivity index (χ1v) is 11.3. The summed E-state index contributed by atoms with van der Waals surface area (Å²) in [6, 6.07) is 9.63. The lowest BCUT2D eigenvalue weighted by Gasteiger charge is -2.38. The fourth-order valence-corrected chi connectivity index (χ4v) is 4.31. The quantitative estimate of drug-likeness (QED) is 0.397. The molecule has 1 fully saturated rings. The molecule has 0 saturated carbocycles. The predicted molar refractivity (Wildman–Crippen MR) is 124 cm³/mol. The van der Waals surface area contributed by atoms with Gasteiger partial charge in [-0.2, -0.15) is 4.98 Å². The van der Waals surface area contributed by atoms with Crippen molar-refractivity contribution >= 4 is 28.3 Å². The van der Waals surface area contributed by atoms with Gasteiger partial charge in [-0.1, -0.05) is 12.1 Å². The average molecular weight is 502 g/mol. The highest BCUT2D eigenvalue weighted by Crippen LogP contribution is 2.34. The minimum absolute atomic E-state index is 0.0384. The standard InChI is InChI=1S/C24H22F4N6O2/c1-14(35)33-9-7-19(24(27,28)13-33)30-23-31-22(36-12-20(25)26)21-17(6-10-34(21)32-23)15-4-5-18-16(11-15)3-2-8-29-18/h2-6,8,10-11,19-20H,7,9,12-13H2,1H3,(H,30,32). The predicted octanol–water partition coefficient (Wildman–Crippen LogP) is 4.26. The number of piperidine rings is 1. The monoisotopic (exact) mass is 502 g/mol. The number of aromatic nitrogens is 4. The molecule has 1 aliphatic rings. The molecule has 36 heavy (non-hydrogen) atoms. The zero-order valence-corrected chi connectivity index (χ0v) is 19.2. The highest BCUT2D eigenvalue weighted by atomic mass is 19.3. The van der Waals surface area contributed by atoms with Gasteiger partial charge in [0.25, 0.3) is 12.3 Å². The van der Waals surface area contributed by atoms with Crippen LogP contribution in [0.5, 0.6) is 5.88 Å². The van der Waals surface area contributed by atoms with Crippen LogP contribution in [-0.2, 0) is 4.79 Å². The Morgan fingerprint density at radius 1 is 1.28 bits per heavy atom. The molecule has 5 rings (SSSR count). The van der Waals surface area contributed by atoms with Gasteiger partial charge in [0.05, 0.1) is 18.1 Å². The third kappa shape index (κ3) is 4.62. The van der Waals surface area contributed by atoms with E-state index in [4.69, 9.17) is 4.74 Å². The Labute approximate surface area is 202 Å². The van der Waals surface area contributed by atoms with E-state index < -0.39 is 37.4 Å². The summed E-state index contributed by atoms with van der Waals surface area (Å²) in [4.78, 5) is 21.1. The number of amides is 1. The summed E-state index contributed by atoms with van der Waals surface area (Å²) in [6.45, 7) is -0.278. The Morgan fingerprint density at radius 2 is 2.11 bits per heavy atom. The molecule has 1 saturated heterocycles. The van der Waals surface area contributed by atoms with Crippen LogP contribution in [0.3, 0.4) is 0 Å². The van der Waals surface area contributed by atoms with Gasteiger partial charge in [-0.3, -0.25) is 9.78 Å². The van der Waals surface area contributed by atoms with Crippen molar-refractivity contribution < 1.29 is 27.1 Å². The average Bonchev–Trinajstić information content (AvgIpc) is 3.27. The molecular weight excluding hydrogens is 480 g/mol. The molecule has 1 atom stereocenters. The van der Waals surface area contributed by atoms with Crippen LogP contribution in [0.1, 0.15) is 13.3 Å². The molecular formula is C24H22F4N6O2. The number of carbonyl (C=O) groups excluding carboxylic acids is 1. The number of halogens is 4. The molecule has 1 aliphatic heterocycles. The van der Waals surface area contributed by atoms with Gasteiger partial charge in [0, 0.05) is 36.8 Å². The fourth-order valence-electron chi connectivity index (χ4n) is 4.31. The normalized spacial score (nSPS) is 17.6. The number of hydrogen-bond acceptors (Lipinski definition) is 6. The molecule has 8 nitrogen and oxygen atoms in total. The first-order valence-electron chi connectivity index (χ1n) is 11.3. The van der Waals surface area contributed by atoms with Crippen LogP contribution in [0.2, 0.25) is 0 Å². The van der Waals surface area contributed by atoms with E-state index in [-0.39, 0.29) is 24.8 Å². The molecule has 188 valence electrons. The summed E-state index contributed by atoms with van der Waals surface area (Å²) >= 11 is 0. The summed E-state index contributed by atoms with van der Waals surface area (Å²) in [5.41, 5.74) is 2.49. The Bertz CT molecular complexity index is 1430. The van der Waals surface area contributed by atoms with Crippen molar-refractivity contribution in [2.24, 2.45) is 0 Å². The van der Waals surface area contributed by atoms with E-state index in [9.17, 15) is 22.4 Å². The summed E-state index contributed by atoms with van der Waals surface area (Å²) in [5.74, 6) is -4.04. The van der Waals surface area contributed by atoms with Crippen LogP contribution in [0, 0.1) is 0 Å². The molecule has 0 bridgehead atoms. The lowest BCUT2D eigenvalue weighted by atomic mass is 10.0. The maximum atomic E-state index is 14.7. The fraction of sp³-hybridized carbons (Fsp3) is 0.333. The van der Waals surface area contributed by atoms with Crippen molar-refractivity contribution in [3.05, 3.63) is 48.8 Å². The highest BCUT2D eigenvalue weighted by Gasteiger charge is 2.45. The molecule has 1 unspecified atom stereocenters. The molecule has 12 heteroatoms. The number of nitrogens with zero attached hydrogens (tertiary/aromatic N) is 5. The maximum Gasteiger partial charge on any atom is 0.285 e. The first kappa shape index (κ1) is 23.8. The van der Waals surface area contributed by atoms with Crippen LogP contribution >= 0.6 is 0 Å². The number of rotatable bonds is 6. The molecule has 1 N–H and O–H groups in total. The largest absolute Gasteiger partial charge is 0.470 e. The minimum atomic E-state index is -3.24. The molecule has 4 heterocycles.